The van der Waals surface area contributed by atoms with Gasteiger partial charge in [-0.15, -0.1) is 11.8 Å². The highest BCUT2D eigenvalue weighted by Crippen LogP contribution is 2.33. The third kappa shape index (κ3) is 4.10. The highest BCUT2D eigenvalue weighted by atomic mass is 32.2. The minimum Gasteiger partial charge on any atom is -0.496 e. The Morgan fingerprint density at radius 1 is 1.28 bits per heavy atom. The lowest BCUT2D eigenvalue weighted by Gasteiger charge is -2.15. The molecule has 0 bridgehead atoms. The Labute approximate surface area is 109 Å². The molecule has 0 heterocycles. The molecule has 0 fully saturated rings. The molecule has 2 N–H and O–H groups in total. The molecule has 0 saturated carbocycles. The predicted molar refractivity (Wildman–Crippen MR) is 67.3 cm³/mol. The maximum Gasteiger partial charge on any atom is 0.393 e. The number of alkyl halides is 3. The molecule has 0 aliphatic rings. The monoisotopic (exact) mass is 279 g/mol. The van der Waals surface area contributed by atoms with Crippen LogP contribution in [0.25, 0.3) is 0 Å². The number of thioether (sulfide) groups is 1. The van der Waals surface area contributed by atoms with Crippen LogP contribution in [0.15, 0.2) is 17.0 Å². The van der Waals surface area contributed by atoms with Crippen LogP contribution < -0.4 is 10.5 Å². The third-order valence-electron chi connectivity index (χ3n) is 2.49. The van der Waals surface area contributed by atoms with E-state index in [1.54, 1.807) is 12.3 Å². The van der Waals surface area contributed by atoms with Gasteiger partial charge in [0, 0.05) is 4.90 Å². The van der Waals surface area contributed by atoms with Crippen LogP contribution in [-0.4, -0.2) is 26.1 Å². The summed E-state index contributed by atoms with van der Waals surface area (Å²) in [7, 11) is 1.45. The van der Waals surface area contributed by atoms with Crippen molar-refractivity contribution in [3.05, 3.63) is 23.3 Å². The summed E-state index contributed by atoms with van der Waals surface area (Å²) in [5, 5.41) is 0. The Morgan fingerprint density at radius 3 is 2.39 bits per heavy atom. The topological polar surface area (TPSA) is 35.2 Å². The number of halogens is 3. The molecule has 0 spiro atoms. The van der Waals surface area contributed by atoms with Crippen LogP contribution >= 0.6 is 11.8 Å². The first-order valence-corrected chi connectivity index (χ1v) is 6.64. The summed E-state index contributed by atoms with van der Waals surface area (Å²) < 4.78 is 42.5. The number of methoxy groups -OCH3 is 1. The van der Waals surface area contributed by atoms with Crippen molar-refractivity contribution in [1.82, 2.24) is 0 Å². The van der Waals surface area contributed by atoms with Crippen molar-refractivity contribution >= 4 is 11.8 Å². The fraction of sp³-hybridized carbons (Fsp3) is 0.500. The van der Waals surface area contributed by atoms with Gasteiger partial charge in [0.15, 0.2) is 0 Å². The minimum atomic E-state index is -4.22. The number of rotatable bonds is 5. The largest absolute Gasteiger partial charge is 0.496 e. The van der Waals surface area contributed by atoms with E-state index in [4.69, 9.17) is 10.5 Å². The van der Waals surface area contributed by atoms with Gasteiger partial charge in [-0.3, -0.25) is 0 Å². The Kier molecular flexibility index (Phi) is 5.34. The standard InChI is InChI=1S/C12H16F3NOS/c1-17-10-5-9(7-12(13,14)15)11(18-2)6-8(10)3-4-16/h5-6H,3-4,7,16H2,1-2H3. The molecule has 1 rings (SSSR count). The maximum absolute atomic E-state index is 12.5. The molecule has 0 aromatic heterocycles. The molecule has 1 aromatic carbocycles. The predicted octanol–water partition coefficient (Wildman–Crippen LogP) is 3.02. The zero-order valence-corrected chi connectivity index (χ0v) is 11.1. The van der Waals surface area contributed by atoms with E-state index in [-0.39, 0.29) is 5.56 Å². The van der Waals surface area contributed by atoms with Gasteiger partial charge in [-0.05, 0) is 42.5 Å². The highest BCUT2D eigenvalue weighted by molar-refractivity contribution is 7.98. The SMILES string of the molecule is COc1cc(CC(F)(F)F)c(SC)cc1CCN. The molecule has 6 heteroatoms. The second-order valence-corrected chi connectivity index (χ2v) is 4.65. The molecule has 0 saturated heterocycles. The summed E-state index contributed by atoms with van der Waals surface area (Å²) in [6, 6.07) is 3.20. The summed E-state index contributed by atoms with van der Waals surface area (Å²) >= 11 is 1.30. The van der Waals surface area contributed by atoms with Gasteiger partial charge in [0.25, 0.3) is 0 Å². The average molecular weight is 279 g/mol. The van der Waals surface area contributed by atoms with Crippen molar-refractivity contribution in [2.75, 3.05) is 19.9 Å². The zero-order valence-electron chi connectivity index (χ0n) is 10.3. The first kappa shape index (κ1) is 15.2. The van der Waals surface area contributed by atoms with Gasteiger partial charge >= 0.3 is 6.18 Å². The van der Waals surface area contributed by atoms with Crippen LogP contribution in [0.4, 0.5) is 13.2 Å². The zero-order chi connectivity index (χ0) is 13.8. The number of hydrogen-bond acceptors (Lipinski definition) is 3. The van der Waals surface area contributed by atoms with Crippen molar-refractivity contribution in [3.63, 3.8) is 0 Å². The van der Waals surface area contributed by atoms with E-state index in [9.17, 15) is 13.2 Å². The molecule has 18 heavy (non-hydrogen) atoms. The first-order valence-electron chi connectivity index (χ1n) is 5.42. The van der Waals surface area contributed by atoms with E-state index < -0.39 is 12.6 Å². The van der Waals surface area contributed by atoms with Gasteiger partial charge in [0.2, 0.25) is 0 Å². The molecule has 0 aliphatic heterocycles. The number of ether oxygens (including phenoxy) is 1. The van der Waals surface area contributed by atoms with Crippen LogP contribution in [0.5, 0.6) is 5.75 Å². The van der Waals surface area contributed by atoms with E-state index in [0.717, 1.165) is 5.56 Å². The molecular weight excluding hydrogens is 263 g/mol. The van der Waals surface area contributed by atoms with Crippen LogP contribution in [-0.2, 0) is 12.8 Å². The van der Waals surface area contributed by atoms with Gasteiger partial charge in [-0.2, -0.15) is 13.2 Å². The van der Waals surface area contributed by atoms with E-state index in [1.807, 2.05) is 0 Å². The summed E-state index contributed by atoms with van der Waals surface area (Å²) in [5.41, 5.74) is 6.56. The Balaban J connectivity index is 3.17. The summed E-state index contributed by atoms with van der Waals surface area (Å²) in [6.45, 7) is 0.433. The Hall–Kier alpha value is -0.880. The smallest absolute Gasteiger partial charge is 0.393 e. The van der Waals surface area contributed by atoms with Gasteiger partial charge in [0.1, 0.15) is 5.75 Å². The lowest BCUT2D eigenvalue weighted by atomic mass is 10.0. The minimum absolute atomic E-state index is 0.243. The molecule has 0 unspecified atom stereocenters. The lowest BCUT2D eigenvalue weighted by Crippen LogP contribution is -2.13. The van der Waals surface area contributed by atoms with Crippen LogP contribution in [0, 0.1) is 0 Å². The van der Waals surface area contributed by atoms with Crippen molar-refractivity contribution in [3.8, 4) is 5.75 Å². The normalized spacial score (nSPS) is 11.7. The number of benzene rings is 1. The second kappa shape index (κ2) is 6.33. The molecule has 1 aromatic rings. The fourth-order valence-electron chi connectivity index (χ4n) is 1.73. The number of hydrogen-bond donors (Lipinski definition) is 1. The van der Waals surface area contributed by atoms with Gasteiger partial charge in [-0.25, -0.2) is 0 Å². The van der Waals surface area contributed by atoms with Gasteiger partial charge < -0.3 is 10.5 Å². The fourth-order valence-corrected chi connectivity index (χ4v) is 2.38. The van der Waals surface area contributed by atoms with Gasteiger partial charge in [-0.1, -0.05) is 0 Å². The van der Waals surface area contributed by atoms with E-state index in [0.29, 0.717) is 23.6 Å². The van der Waals surface area contributed by atoms with Gasteiger partial charge in [0.05, 0.1) is 13.5 Å². The second-order valence-electron chi connectivity index (χ2n) is 3.81. The lowest BCUT2D eigenvalue weighted by molar-refractivity contribution is -0.127. The molecule has 0 amide bonds. The van der Waals surface area contributed by atoms with Crippen LogP contribution in [0.1, 0.15) is 11.1 Å². The summed E-state index contributed by atoms with van der Waals surface area (Å²) in [5.74, 6) is 0.470. The summed E-state index contributed by atoms with van der Waals surface area (Å²) in [4.78, 5) is 0.622. The van der Waals surface area contributed by atoms with Crippen LogP contribution in [0.3, 0.4) is 0 Å². The molecular formula is C12H16F3NOS. The first-order chi connectivity index (χ1) is 8.41. The van der Waals surface area contributed by atoms with E-state index in [2.05, 4.69) is 0 Å². The molecule has 2 nitrogen and oxygen atoms in total. The van der Waals surface area contributed by atoms with E-state index in [1.165, 1.54) is 24.9 Å². The quantitative estimate of drug-likeness (QED) is 0.841. The number of nitrogens with two attached hydrogens (primary N) is 1. The van der Waals surface area contributed by atoms with Crippen LogP contribution in [0.2, 0.25) is 0 Å². The summed E-state index contributed by atoms with van der Waals surface area (Å²) in [6.07, 6.45) is -2.82. The average Bonchev–Trinajstić information content (AvgIpc) is 2.28. The molecule has 0 radical (unpaired) electrons. The maximum atomic E-state index is 12.5. The van der Waals surface area contributed by atoms with Crippen molar-refractivity contribution in [2.45, 2.75) is 23.9 Å². The highest BCUT2D eigenvalue weighted by Gasteiger charge is 2.29. The molecule has 0 atom stereocenters. The van der Waals surface area contributed by atoms with Crippen molar-refractivity contribution in [2.24, 2.45) is 5.73 Å². The van der Waals surface area contributed by atoms with E-state index >= 15 is 0 Å². The van der Waals surface area contributed by atoms with Crippen molar-refractivity contribution in [1.29, 1.82) is 0 Å². The Bertz CT molecular complexity index is 407. The van der Waals surface area contributed by atoms with Crippen molar-refractivity contribution < 1.29 is 17.9 Å². The molecule has 0 aliphatic carbocycles. The molecule has 102 valence electrons. The Morgan fingerprint density at radius 2 is 1.94 bits per heavy atom. The third-order valence-corrected chi connectivity index (χ3v) is 3.31.